The van der Waals surface area contributed by atoms with Crippen LogP contribution in [-0.2, 0) is 9.53 Å². The van der Waals surface area contributed by atoms with E-state index in [0.717, 1.165) is 12.8 Å². The van der Waals surface area contributed by atoms with Crippen molar-refractivity contribution in [3.8, 4) is 0 Å². The number of amides is 2. The number of carbonyl (C=O) groups excluding carboxylic acids is 1. The molecular weight excluding hydrogens is 252 g/mol. The lowest BCUT2D eigenvalue weighted by molar-refractivity contribution is -0.141. The van der Waals surface area contributed by atoms with Crippen LogP contribution in [0.25, 0.3) is 0 Å². The summed E-state index contributed by atoms with van der Waals surface area (Å²) in [6.07, 6.45) is 1.44. The number of aliphatic hydroxyl groups is 1. The fourth-order valence-corrected chi connectivity index (χ4v) is 3.21. The van der Waals surface area contributed by atoms with Gasteiger partial charge in [0.05, 0.1) is 18.3 Å². The Morgan fingerprint density at radius 2 is 1.74 bits per heavy atom. The summed E-state index contributed by atoms with van der Waals surface area (Å²) in [7, 11) is 0. The zero-order valence-corrected chi connectivity index (χ0v) is 10.6. The summed E-state index contributed by atoms with van der Waals surface area (Å²) >= 11 is 0. The number of morpholine rings is 1. The molecule has 3 heterocycles. The average Bonchev–Trinajstić information content (AvgIpc) is 2.91. The Bertz CT molecular complexity index is 390. The number of hydrogen-bond acceptors (Lipinski definition) is 4. The van der Waals surface area contributed by atoms with Gasteiger partial charge >= 0.3 is 12.0 Å². The summed E-state index contributed by atoms with van der Waals surface area (Å²) in [5.41, 5.74) is 0. The molecule has 7 heteroatoms. The molecule has 4 atom stereocenters. The second-order valence-electron chi connectivity index (χ2n) is 5.54. The van der Waals surface area contributed by atoms with E-state index in [-0.39, 0.29) is 31.2 Å². The molecule has 0 spiro atoms. The molecule has 2 N–H and O–H groups in total. The molecule has 2 amide bonds. The van der Waals surface area contributed by atoms with Crippen molar-refractivity contribution in [1.29, 1.82) is 0 Å². The molecule has 3 rings (SSSR count). The molecule has 3 saturated heterocycles. The van der Waals surface area contributed by atoms with Crippen molar-refractivity contribution in [2.75, 3.05) is 19.6 Å². The number of rotatable bonds is 1. The Morgan fingerprint density at radius 1 is 1.11 bits per heavy atom. The molecule has 0 aliphatic carbocycles. The van der Waals surface area contributed by atoms with Gasteiger partial charge in [-0.2, -0.15) is 0 Å². The number of nitrogens with zero attached hydrogens (tertiary/aromatic N) is 2. The van der Waals surface area contributed by atoms with Crippen molar-refractivity contribution in [3.63, 3.8) is 0 Å². The van der Waals surface area contributed by atoms with Crippen LogP contribution < -0.4 is 0 Å². The largest absolute Gasteiger partial charge is 0.480 e. The lowest BCUT2D eigenvalue weighted by Crippen LogP contribution is -2.53. The van der Waals surface area contributed by atoms with Crippen molar-refractivity contribution in [1.82, 2.24) is 9.80 Å². The number of carboxylic acids is 1. The van der Waals surface area contributed by atoms with Crippen molar-refractivity contribution in [2.24, 2.45) is 0 Å². The van der Waals surface area contributed by atoms with E-state index in [2.05, 4.69) is 0 Å². The Hall–Kier alpha value is -1.34. The number of likely N-dealkylation sites (tertiary alicyclic amines) is 2. The fraction of sp³-hybridized carbons (Fsp3) is 0.833. The Morgan fingerprint density at radius 3 is 2.32 bits per heavy atom. The first-order valence-corrected chi connectivity index (χ1v) is 6.66. The van der Waals surface area contributed by atoms with E-state index in [9.17, 15) is 14.7 Å². The van der Waals surface area contributed by atoms with Crippen molar-refractivity contribution in [3.05, 3.63) is 0 Å². The number of urea groups is 1. The van der Waals surface area contributed by atoms with Gasteiger partial charge in [-0.1, -0.05) is 0 Å². The van der Waals surface area contributed by atoms with E-state index < -0.39 is 18.1 Å². The topological polar surface area (TPSA) is 90.3 Å². The minimum atomic E-state index is -1.05. The van der Waals surface area contributed by atoms with Crippen molar-refractivity contribution >= 4 is 12.0 Å². The first-order chi connectivity index (χ1) is 9.04. The quantitative estimate of drug-likeness (QED) is 0.669. The van der Waals surface area contributed by atoms with Crippen LogP contribution in [-0.4, -0.2) is 76.0 Å². The van der Waals surface area contributed by atoms with Crippen LogP contribution in [0.5, 0.6) is 0 Å². The molecule has 0 aromatic heterocycles. The van der Waals surface area contributed by atoms with E-state index in [0.29, 0.717) is 13.1 Å². The highest BCUT2D eigenvalue weighted by atomic mass is 16.5. The highest BCUT2D eigenvalue weighted by Crippen LogP contribution is 2.28. The molecule has 2 bridgehead atoms. The number of ether oxygens (including phenoxy) is 1. The first kappa shape index (κ1) is 12.7. The third-order valence-corrected chi connectivity index (χ3v) is 4.12. The monoisotopic (exact) mass is 270 g/mol. The minimum Gasteiger partial charge on any atom is -0.480 e. The molecule has 0 radical (unpaired) electrons. The van der Waals surface area contributed by atoms with E-state index in [1.165, 1.54) is 4.90 Å². The number of aliphatic carboxylic acids is 1. The maximum Gasteiger partial charge on any atom is 0.326 e. The Balaban J connectivity index is 1.71. The van der Waals surface area contributed by atoms with Crippen molar-refractivity contribution < 1.29 is 24.5 Å². The molecule has 2 unspecified atom stereocenters. The van der Waals surface area contributed by atoms with Gasteiger partial charge in [0.2, 0.25) is 0 Å². The summed E-state index contributed by atoms with van der Waals surface area (Å²) in [5, 5.41) is 18.7. The lowest BCUT2D eigenvalue weighted by Gasteiger charge is -2.35. The SMILES string of the molecule is O=C(O)[C@@H]1C[C@@H](O)CN1C(=O)N1CC2CCC(C1)O2. The summed E-state index contributed by atoms with van der Waals surface area (Å²) < 4.78 is 5.66. The van der Waals surface area contributed by atoms with Gasteiger partial charge in [0.25, 0.3) is 0 Å². The van der Waals surface area contributed by atoms with E-state index in [1.807, 2.05) is 0 Å². The van der Waals surface area contributed by atoms with Crippen LogP contribution in [0.1, 0.15) is 19.3 Å². The molecule has 0 aromatic rings. The number of aliphatic hydroxyl groups excluding tert-OH is 1. The zero-order valence-electron chi connectivity index (χ0n) is 10.6. The van der Waals surface area contributed by atoms with Crippen LogP contribution in [0.2, 0.25) is 0 Å². The van der Waals surface area contributed by atoms with Crippen LogP contribution in [0, 0.1) is 0 Å². The Labute approximate surface area is 110 Å². The second kappa shape index (κ2) is 4.64. The first-order valence-electron chi connectivity index (χ1n) is 6.66. The molecule has 19 heavy (non-hydrogen) atoms. The molecule has 3 aliphatic rings. The normalized spacial score (nSPS) is 37.7. The second-order valence-corrected chi connectivity index (χ2v) is 5.54. The predicted octanol–water partition coefficient (Wildman–Crippen LogP) is -0.511. The smallest absolute Gasteiger partial charge is 0.326 e. The van der Waals surface area contributed by atoms with Crippen molar-refractivity contribution in [2.45, 2.75) is 43.6 Å². The highest BCUT2D eigenvalue weighted by Gasteiger charge is 2.43. The lowest BCUT2D eigenvalue weighted by atomic mass is 10.2. The summed E-state index contributed by atoms with van der Waals surface area (Å²) in [4.78, 5) is 26.5. The molecule has 3 fully saturated rings. The molecule has 7 nitrogen and oxygen atoms in total. The Kier molecular flexibility index (Phi) is 3.10. The van der Waals surface area contributed by atoms with Crippen LogP contribution >= 0.6 is 0 Å². The van der Waals surface area contributed by atoms with Crippen LogP contribution in [0.3, 0.4) is 0 Å². The number of carbonyl (C=O) groups is 2. The molecule has 3 aliphatic heterocycles. The van der Waals surface area contributed by atoms with Gasteiger partial charge in [-0.3, -0.25) is 0 Å². The minimum absolute atomic E-state index is 0.0819. The zero-order chi connectivity index (χ0) is 13.6. The van der Waals surface area contributed by atoms with Gasteiger partial charge in [-0.15, -0.1) is 0 Å². The molecular formula is C12H18N2O5. The maximum absolute atomic E-state index is 12.4. The van der Waals surface area contributed by atoms with E-state index in [1.54, 1.807) is 4.90 Å². The molecule has 106 valence electrons. The molecule has 0 saturated carbocycles. The van der Waals surface area contributed by atoms with Gasteiger partial charge < -0.3 is 24.7 Å². The third-order valence-electron chi connectivity index (χ3n) is 4.12. The van der Waals surface area contributed by atoms with Gasteiger partial charge in [0.15, 0.2) is 0 Å². The fourth-order valence-electron chi connectivity index (χ4n) is 3.21. The maximum atomic E-state index is 12.4. The summed E-state index contributed by atoms with van der Waals surface area (Å²) in [5.74, 6) is -1.05. The average molecular weight is 270 g/mol. The summed E-state index contributed by atoms with van der Waals surface area (Å²) in [6, 6.07) is -1.20. The standard InChI is InChI=1S/C12H18N2O5/c15-7-3-10(11(16)17)14(4-7)12(18)13-5-8-1-2-9(6-13)19-8/h7-10,15H,1-6H2,(H,16,17)/t7-,8?,9?,10+/m1/s1. The summed E-state index contributed by atoms with van der Waals surface area (Å²) in [6.45, 7) is 1.14. The number of carboxylic acid groups (broad SMARTS) is 1. The highest BCUT2D eigenvalue weighted by molar-refractivity contribution is 5.83. The third kappa shape index (κ3) is 2.28. The van der Waals surface area contributed by atoms with Gasteiger partial charge in [0.1, 0.15) is 6.04 Å². The van der Waals surface area contributed by atoms with E-state index in [4.69, 9.17) is 9.84 Å². The predicted molar refractivity (Wildman–Crippen MR) is 63.6 cm³/mol. The number of β-amino-alcohol motifs (C(OH)–C–C–N with tert-alkyl or cyclic N) is 1. The van der Waals surface area contributed by atoms with Gasteiger partial charge in [-0.25, -0.2) is 9.59 Å². The van der Waals surface area contributed by atoms with E-state index >= 15 is 0 Å². The van der Waals surface area contributed by atoms with Gasteiger partial charge in [-0.05, 0) is 12.8 Å². The van der Waals surface area contributed by atoms with Crippen LogP contribution in [0.15, 0.2) is 0 Å². The van der Waals surface area contributed by atoms with Crippen LogP contribution in [0.4, 0.5) is 4.79 Å². The molecule has 0 aromatic carbocycles. The number of fused-ring (bicyclic) bond motifs is 2. The van der Waals surface area contributed by atoms with Gasteiger partial charge in [0, 0.05) is 26.1 Å². The number of hydrogen-bond donors (Lipinski definition) is 2.